The van der Waals surface area contributed by atoms with Gasteiger partial charge in [-0.15, -0.1) is 11.3 Å². The van der Waals surface area contributed by atoms with Gasteiger partial charge in [0.05, 0.1) is 10.3 Å². The first-order chi connectivity index (χ1) is 9.93. The molecule has 1 aliphatic rings. The molecule has 0 saturated heterocycles. The summed E-state index contributed by atoms with van der Waals surface area (Å²) < 4.78 is 40.7. The van der Waals surface area contributed by atoms with Gasteiger partial charge in [-0.05, 0) is 43.9 Å². The lowest BCUT2D eigenvalue weighted by Crippen LogP contribution is -2.40. The Morgan fingerprint density at radius 1 is 1.33 bits per heavy atom. The van der Waals surface area contributed by atoms with Gasteiger partial charge < -0.3 is 5.32 Å². The number of rotatable bonds is 5. The zero-order chi connectivity index (χ0) is 15.5. The van der Waals surface area contributed by atoms with Crippen LogP contribution < -0.4 is 5.32 Å². The van der Waals surface area contributed by atoms with E-state index in [9.17, 15) is 13.2 Å². The molecule has 21 heavy (non-hydrogen) atoms. The van der Waals surface area contributed by atoms with E-state index in [4.69, 9.17) is 11.6 Å². The minimum Gasteiger partial charge on any atom is -0.309 e. The molecule has 3 atom stereocenters. The zero-order valence-corrected chi connectivity index (χ0v) is 13.6. The van der Waals surface area contributed by atoms with Gasteiger partial charge in [0.2, 0.25) is 0 Å². The van der Waals surface area contributed by atoms with Crippen molar-refractivity contribution < 1.29 is 13.2 Å². The molecule has 3 unspecified atom stereocenters. The first kappa shape index (κ1) is 17.1. The van der Waals surface area contributed by atoms with Gasteiger partial charge in [0, 0.05) is 10.9 Å². The Morgan fingerprint density at radius 2 is 2.05 bits per heavy atom. The van der Waals surface area contributed by atoms with E-state index in [-0.39, 0.29) is 18.4 Å². The fourth-order valence-electron chi connectivity index (χ4n) is 3.22. The summed E-state index contributed by atoms with van der Waals surface area (Å²) in [5.41, 5.74) is 0. The van der Waals surface area contributed by atoms with Gasteiger partial charge in [0.15, 0.2) is 0 Å². The normalized spacial score (nSPS) is 25.0. The van der Waals surface area contributed by atoms with Crippen molar-refractivity contribution in [1.29, 1.82) is 0 Å². The highest BCUT2D eigenvalue weighted by molar-refractivity contribution is 7.16. The first-order valence-corrected chi connectivity index (χ1v) is 8.68. The van der Waals surface area contributed by atoms with Crippen LogP contribution in [0.4, 0.5) is 13.2 Å². The quantitative estimate of drug-likeness (QED) is 0.713. The molecular weight excluding hydrogens is 319 g/mol. The maximum atomic E-state index is 13.3. The molecule has 6 heteroatoms. The zero-order valence-electron chi connectivity index (χ0n) is 12.0. The fourth-order valence-corrected chi connectivity index (χ4v) is 4.44. The molecule has 0 bridgehead atoms. The Kier molecular flexibility index (Phi) is 5.97. The Bertz CT molecular complexity index is 446. The summed E-state index contributed by atoms with van der Waals surface area (Å²) in [6.45, 7) is 2.74. The molecule has 1 heterocycles. The molecule has 120 valence electrons. The van der Waals surface area contributed by atoms with E-state index in [1.807, 2.05) is 13.0 Å². The fraction of sp³-hybridized carbons (Fsp3) is 0.733. The van der Waals surface area contributed by atoms with Crippen molar-refractivity contribution in [3.8, 4) is 0 Å². The second-order valence-electron chi connectivity index (χ2n) is 5.67. The summed E-state index contributed by atoms with van der Waals surface area (Å²) in [5.74, 6) is -1.60. The van der Waals surface area contributed by atoms with Gasteiger partial charge in [0.1, 0.15) is 0 Å². The summed E-state index contributed by atoms with van der Waals surface area (Å²) in [7, 11) is 0. The summed E-state index contributed by atoms with van der Waals surface area (Å²) >= 11 is 7.36. The molecule has 1 aliphatic carbocycles. The Labute approximate surface area is 132 Å². The average molecular weight is 340 g/mol. The molecule has 0 aromatic carbocycles. The van der Waals surface area contributed by atoms with Crippen LogP contribution in [0, 0.1) is 11.8 Å². The summed E-state index contributed by atoms with van der Waals surface area (Å²) in [6.07, 6.45) is -0.789. The lowest BCUT2D eigenvalue weighted by molar-refractivity contribution is -0.199. The van der Waals surface area contributed by atoms with E-state index in [2.05, 4.69) is 5.32 Å². The van der Waals surface area contributed by atoms with Crippen molar-refractivity contribution in [2.45, 2.75) is 51.2 Å². The van der Waals surface area contributed by atoms with Gasteiger partial charge in [0.25, 0.3) is 0 Å². The maximum absolute atomic E-state index is 13.3. The van der Waals surface area contributed by atoms with Crippen LogP contribution in [0.5, 0.6) is 0 Å². The van der Waals surface area contributed by atoms with Crippen molar-refractivity contribution in [2.24, 2.45) is 11.8 Å². The molecule has 1 saturated carbocycles. The maximum Gasteiger partial charge on any atom is 0.392 e. The first-order valence-electron chi connectivity index (χ1n) is 7.48. The van der Waals surface area contributed by atoms with Crippen LogP contribution in [0.1, 0.15) is 49.9 Å². The van der Waals surface area contributed by atoms with Gasteiger partial charge in [-0.2, -0.15) is 13.2 Å². The molecule has 1 nitrogen and oxygen atoms in total. The highest BCUT2D eigenvalue weighted by Crippen LogP contribution is 2.47. The molecule has 0 amide bonds. The number of halogens is 4. The standard InChI is InChI=1S/C15H21ClF3NS/c1-2-9-20-14(12-7-8-13(16)21-12)10-5-3-4-6-11(10)15(17,18)19/h7-8,10-11,14,20H,2-6,9H2,1H3. The highest BCUT2D eigenvalue weighted by Gasteiger charge is 2.48. The van der Waals surface area contributed by atoms with Gasteiger partial charge >= 0.3 is 6.18 Å². The monoisotopic (exact) mass is 339 g/mol. The minimum absolute atomic E-state index is 0.241. The molecule has 1 N–H and O–H groups in total. The van der Waals surface area contributed by atoms with Crippen LogP contribution in [0.15, 0.2) is 12.1 Å². The Morgan fingerprint density at radius 3 is 2.62 bits per heavy atom. The molecule has 2 rings (SSSR count). The molecule has 1 aromatic rings. The predicted molar refractivity (Wildman–Crippen MR) is 81.9 cm³/mol. The van der Waals surface area contributed by atoms with Crippen LogP contribution in [-0.2, 0) is 0 Å². The van der Waals surface area contributed by atoms with E-state index >= 15 is 0 Å². The van der Waals surface area contributed by atoms with E-state index < -0.39 is 12.1 Å². The largest absolute Gasteiger partial charge is 0.392 e. The van der Waals surface area contributed by atoms with Crippen LogP contribution >= 0.6 is 22.9 Å². The average Bonchev–Trinajstić information content (AvgIpc) is 2.85. The molecular formula is C15H21ClF3NS. The second-order valence-corrected chi connectivity index (χ2v) is 7.42. The number of thiophene rings is 1. The number of hydrogen-bond acceptors (Lipinski definition) is 2. The van der Waals surface area contributed by atoms with Crippen LogP contribution in [0.3, 0.4) is 0 Å². The van der Waals surface area contributed by atoms with Crippen LogP contribution in [0.25, 0.3) is 0 Å². The van der Waals surface area contributed by atoms with E-state index in [0.29, 0.717) is 17.2 Å². The van der Waals surface area contributed by atoms with E-state index in [1.54, 1.807) is 6.07 Å². The van der Waals surface area contributed by atoms with Crippen molar-refractivity contribution in [3.05, 3.63) is 21.3 Å². The number of hydrogen-bond donors (Lipinski definition) is 1. The van der Waals surface area contributed by atoms with Gasteiger partial charge in [-0.3, -0.25) is 0 Å². The summed E-state index contributed by atoms with van der Waals surface area (Å²) in [6, 6.07) is 3.39. The number of alkyl halides is 3. The third kappa shape index (κ3) is 4.36. The summed E-state index contributed by atoms with van der Waals surface area (Å²) in [4.78, 5) is 0.926. The van der Waals surface area contributed by atoms with Gasteiger partial charge in [-0.25, -0.2) is 0 Å². The highest BCUT2D eigenvalue weighted by atomic mass is 35.5. The molecule has 1 fully saturated rings. The third-order valence-corrected chi connectivity index (χ3v) is 5.50. The van der Waals surface area contributed by atoms with Crippen molar-refractivity contribution in [3.63, 3.8) is 0 Å². The topological polar surface area (TPSA) is 12.0 Å². The second kappa shape index (κ2) is 7.34. The SMILES string of the molecule is CCCNC(c1ccc(Cl)s1)C1CCCCC1C(F)(F)F. The van der Waals surface area contributed by atoms with Crippen molar-refractivity contribution in [2.75, 3.05) is 6.54 Å². The molecule has 0 radical (unpaired) electrons. The van der Waals surface area contributed by atoms with Gasteiger partial charge in [-0.1, -0.05) is 31.4 Å². The van der Waals surface area contributed by atoms with Crippen LogP contribution in [-0.4, -0.2) is 12.7 Å². The molecule has 0 aliphatic heterocycles. The molecule has 0 spiro atoms. The Hall–Kier alpha value is -0.260. The van der Waals surface area contributed by atoms with Crippen molar-refractivity contribution in [1.82, 2.24) is 5.32 Å². The lowest BCUT2D eigenvalue weighted by Gasteiger charge is -2.38. The smallest absolute Gasteiger partial charge is 0.309 e. The summed E-state index contributed by atoms with van der Waals surface area (Å²) in [5, 5.41) is 3.32. The predicted octanol–water partition coefficient (Wildman–Crippen LogP) is 5.81. The number of nitrogens with one attached hydrogen (secondary N) is 1. The third-order valence-electron chi connectivity index (χ3n) is 4.18. The van der Waals surface area contributed by atoms with E-state index in [1.165, 1.54) is 11.3 Å². The lowest BCUT2D eigenvalue weighted by atomic mass is 9.74. The minimum atomic E-state index is -4.11. The molecule has 1 aromatic heterocycles. The van der Waals surface area contributed by atoms with Crippen molar-refractivity contribution >= 4 is 22.9 Å². The van der Waals surface area contributed by atoms with Crippen LogP contribution in [0.2, 0.25) is 4.34 Å². The van der Waals surface area contributed by atoms with E-state index in [0.717, 1.165) is 24.3 Å². The Balaban J connectivity index is 2.24.